The van der Waals surface area contributed by atoms with Crippen molar-refractivity contribution in [3.63, 3.8) is 0 Å². The van der Waals surface area contributed by atoms with Crippen LogP contribution in [0.1, 0.15) is 12.5 Å². The van der Waals surface area contributed by atoms with Crippen LogP contribution >= 0.6 is 11.8 Å². The summed E-state index contributed by atoms with van der Waals surface area (Å²) >= 11 is 1.62. The summed E-state index contributed by atoms with van der Waals surface area (Å²) in [5, 5.41) is 2.91. The first-order chi connectivity index (χ1) is 15.4. The van der Waals surface area contributed by atoms with Crippen LogP contribution in [0.5, 0.6) is 5.75 Å². The maximum atomic E-state index is 13.5. The Morgan fingerprint density at radius 3 is 2.50 bits per heavy atom. The van der Waals surface area contributed by atoms with E-state index in [4.69, 9.17) is 4.74 Å². The van der Waals surface area contributed by atoms with E-state index in [0.29, 0.717) is 17.1 Å². The van der Waals surface area contributed by atoms with Gasteiger partial charge in [0.1, 0.15) is 5.75 Å². The number of hydrogen-bond acceptors (Lipinski definition) is 5. The zero-order valence-electron chi connectivity index (χ0n) is 17.8. The molecule has 1 amide bonds. The fourth-order valence-electron chi connectivity index (χ4n) is 3.47. The van der Waals surface area contributed by atoms with Crippen molar-refractivity contribution in [1.29, 1.82) is 0 Å². The van der Waals surface area contributed by atoms with Gasteiger partial charge in [0.05, 0.1) is 22.8 Å². The van der Waals surface area contributed by atoms with Crippen LogP contribution < -0.4 is 14.4 Å². The van der Waals surface area contributed by atoms with Crippen LogP contribution in [0, 0.1) is 6.92 Å². The summed E-state index contributed by atoms with van der Waals surface area (Å²) in [6.07, 6.45) is -0.996. The Kier molecular flexibility index (Phi) is 6.43. The van der Waals surface area contributed by atoms with Crippen molar-refractivity contribution in [3.8, 4) is 5.75 Å². The molecule has 166 valence electrons. The van der Waals surface area contributed by atoms with Gasteiger partial charge in [0.2, 0.25) is 0 Å². The number of sulfonamides is 1. The normalized spacial score (nSPS) is 15.6. The molecule has 0 fully saturated rings. The number of ether oxygens (including phenoxy) is 1. The SMILES string of the molecule is CCSc1ccccc1NC(=O)[C@H]1CN(S(=O)(=O)c2ccc(C)cc2)c2ccccc2O1. The van der Waals surface area contributed by atoms with Crippen molar-refractivity contribution in [2.45, 2.75) is 29.7 Å². The van der Waals surface area contributed by atoms with Gasteiger partial charge >= 0.3 is 0 Å². The van der Waals surface area contributed by atoms with Gasteiger partial charge in [-0.1, -0.05) is 48.9 Å². The van der Waals surface area contributed by atoms with Gasteiger partial charge < -0.3 is 10.1 Å². The molecule has 1 aliphatic rings. The molecule has 1 atom stereocenters. The third-order valence-corrected chi connectivity index (χ3v) is 7.83. The number of thioether (sulfide) groups is 1. The Hall–Kier alpha value is -2.97. The zero-order chi connectivity index (χ0) is 22.7. The first kappa shape index (κ1) is 22.2. The van der Waals surface area contributed by atoms with Crippen molar-refractivity contribution < 1.29 is 17.9 Å². The van der Waals surface area contributed by atoms with Crippen molar-refractivity contribution >= 4 is 39.1 Å². The van der Waals surface area contributed by atoms with Gasteiger partial charge in [0.15, 0.2) is 6.10 Å². The summed E-state index contributed by atoms with van der Waals surface area (Å²) in [5.74, 6) is 0.821. The minimum atomic E-state index is -3.88. The topological polar surface area (TPSA) is 75.7 Å². The monoisotopic (exact) mass is 468 g/mol. The molecule has 0 saturated heterocycles. The van der Waals surface area contributed by atoms with Gasteiger partial charge in [0, 0.05) is 4.90 Å². The number of carbonyl (C=O) groups excluding carboxylic acids is 1. The van der Waals surface area contributed by atoms with Crippen molar-refractivity contribution in [2.75, 3.05) is 21.9 Å². The number of aryl methyl sites for hydroxylation is 1. The second kappa shape index (κ2) is 9.26. The lowest BCUT2D eigenvalue weighted by Gasteiger charge is -2.34. The lowest BCUT2D eigenvalue weighted by atomic mass is 10.2. The predicted molar refractivity (Wildman–Crippen MR) is 128 cm³/mol. The second-order valence-corrected chi connectivity index (χ2v) is 10.5. The molecule has 0 saturated carbocycles. The van der Waals surface area contributed by atoms with E-state index in [2.05, 4.69) is 5.32 Å². The number of fused-ring (bicyclic) bond motifs is 1. The van der Waals surface area contributed by atoms with Gasteiger partial charge in [-0.05, 0) is 49.1 Å². The van der Waals surface area contributed by atoms with Gasteiger partial charge in [-0.2, -0.15) is 0 Å². The van der Waals surface area contributed by atoms with Crippen LogP contribution in [0.2, 0.25) is 0 Å². The molecule has 6 nitrogen and oxygen atoms in total. The van der Waals surface area contributed by atoms with Gasteiger partial charge in [-0.15, -0.1) is 11.8 Å². The minimum Gasteiger partial charge on any atom is -0.476 e. The lowest BCUT2D eigenvalue weighted by Crippen LogP contribution is -2.48. The van der Waals surface area contributed by atoms with Crippen LogP contribution in [0.15, 0.2) is 82.6 Å². The van der Waals surface area contributed by atoms with Gasteiger partial charge in [0.25, 0.3) is 15.9 Å². The number of nitrogens with zero attached hydrogens (tertiary/aromatic N) is 1. The van der Waals surface area contributed by atoms with E-state index < -0.39 is 22.0 Å². The Morgan fingerprint density at radius 1 is 1.06 bits per heavy atom. The molecule has 1 N–H and O–H groups in total. The smallest absolute Gasteiger partial charge is 0.267 e. The quantitative estimate of drug-likeness (QED) is 0.531. The van der Waals surface area contributed by atoms with Gasteiger partial charge in [-0.25, -0.2) is 8.42 Å². The number of para-hydroxylation sites is 3. The Balaban J connectivity index is 1.65. The average molecular weight is 469 g/mol. The third-order valence-electron chi connectivity index (χ3n) is 5.08. The standard InChI is InChI=1S/C24H24N2O4S2/c1-3-31-23-11-7-4-8-19(23)25-24(27)22-16-26(20-9-5-6-10-21(20)30-22)32(28,29)18-14-12-17(2)13-15-18/h4-15,22H,3,16H2,1-2H3,(H,25,27)/t22-/m1/s1. The van der Waals surface area contributed by atoms with Crippen molar-refractivity contribution in [3.05, 3.63) is 78.4 Å². The number of rotatable bonds is 6. The molecule has 3 aromatic carbocycles. The molecule has 3 aromatic rings. The summed E-state index contributed by atoms with van der Waals surface area (Å²) in [6, 6.07) is 21.1. The molecule has 0 radical (unpaired) electrons. The molecule has 0 aromatic heterocycles. The highest BCUT2D eigenvalue weighted by Gasteiger charge is 2.37. The van der Waals surface area contributed by atoms with Crippen LogP contribution in [0.3, 0.4) is 0 Å². The number of amides is 1. The number of carbonyl (C=O) groups is 1. The van der Waals surface area contributed by atoms with E-state index in [-0.39, 0.29) is 11.4 Å². The van der Waals surface area contributed by atoms with E-state index in [1.54, 1.807) is 60.3 Å². The molecular weight excluding hydrogens is 444 g/mol. The summed E-state index contributed by atoms with van der Waals surface area (Å²) in [7, 11) is -3.88. The molecule has 0 bridgehead atoms. The molecular formula is C24H24N2O4S2. The first-order valence-corrected chi connectivity index (χ1v) is 12.7. The summed E-state index contributed by atoms with van der Waals surface area (Å²) in [4.78, 5) is 14.2. The van der Waals surface area contributed by atoms with Crippen LogP contribution in [-0.2, 0) is 14.8 Å². The maximum absolute atomic E-state index is 13.5. The van der Waals surface area contributed by atoms with E-state index >= 15 is 0 Å². The maximum Gasteiger partial charge on any atom is 0.267 e. The van der Waals surface area contributed by atoms with Crippen LogP contribution in [-0.4, -0.2) is 32.7 Å². The molecule has 4 rings (SSSR count). The number of nitrogens with one attached hydrogen (secondary N) is 1. The third kappa shape index (κ3) is 4.47. The second-order valence-electron chi connectivity index (χ2n) is 7.34. The Labute approximate surface area is 192 Å². The van der Waals surface area contributed by atoms with Gasteiger partial charge in [-0.3, -0.25) is 9.10 Å². The number of benzene rings is 3. The highest BCUT2D eigenvalue weighted by Crippen LogP contribution is 2.37. The Bertz CT molecular complexity index is 1230. The molecule has 0 unspecified atom stereocenters. The highest BCUT2D eigenvalue weighted by molar-refractivity contribution is 7.99. The predicted octanol–water partition coefficient (Wildman–Crippen LogP) is 4.70. The average Bonchev–Trinajstić information content (AvgIpc) is 2.80. The summed E-state index contributed by atoms with van der Waals surface area (Å²) < 4.78 is 34.1. The van der Waals surface area contributed by atoms with E-state index in [1.807, 2.05) is 38.1 Å². The largest absolute Gasteiger partial charge is 0.476 e. The fourth-order valence-corrected chi connectivity index (χ4v) is 5.70. The number of anilines is 2. The summed E-state index contributed by atoms with van der Waals surface area (Å²) in [6.45, 7) is 3.82. The van der Waals surface area contributed by atoms with Crippen LogP contribution in [0.4, 0.5) is 11.4 Å². The highest BCUT2D eigenvalue weighted by atomic mass is 32.2. The molecule has 0 spiro atoms. The van der Waals surface area contributed by atoms with E-state index in [1.165, 1.54) is 4.31 Å². The molecule has 8 heteroatoms. The molecule has 1 aliphatic heterocycles. The summed E-state index contributed by atoms with van der Waals surface area (Å²) in [5.41, 5.74) is 2.06. The van der Waals surface area contributed by atoms with Crippen molar-refractivity contribution in [2.24, 2.45) is 0 Å². The molecule has 32 heavy (non-hydrogen) atoms. The number of hydrogen-bond donors (Lipinski definition) is 1. The van der Waals surface area contributed by atoms with Crippen molar-refractivity contribution in [1.82, 2.24) is 0 Å². The zero-order valence-corrected chi connectivity index (χ0v) is 19.4. The molecule has 0 aliphatic carbocycles. The first-order valence-electron chi connectivity index (χ1n) is 10.3. The van der Waals surface area contributed by atoms with E-state index in [0.717, 1.165) is 16.2 Å². The Morgan fingerprint density at radius 2 is 1.75 bits per heavy atom. The van der Waals surface area contributed by atoms with Crippen LogP contribution in [0.25, 0.3) is 0 Å². The fraction of sp³-hybridized carbons (Fsp3) is 0.208. The minimum absolute atomic E-state index is 0.123. The van der Waals surface area contributed by atoms with E-state index in [9.17, 15) is 13.2 Å². The lowest BCUT2D eigenvalue weighted by molar-refractivity contribution is -0.122. The molecule has 1 heterocycles.